The monoisotopic (exact) mass is 247 g/mol. The number of rotatable bonds is 4. The highest BCUT2D eigenvalue weighted by Crippen LogP contribution is 2.16. The molecule has 0 aromatic heterocycles. The van der Waals surface area contributed by atoms with Crippen LogP contribution in [0.3, 0.4) is 0 Å². The molecule has 0 heterocycles. The van der Waals surface area contributed by atoms with Gasteiger partial charge in [-0.25, -0.2) is 4.39 Å². The minimum atomic E-state index is -0.509. The second-order valence-electron chi connectivity index (χ2n) is 3.09. The van der Waals surface area contributed by atoms with E-state index in [9.17, 15) is 9.18 Å². The lowest BCUT2D eigenvalue weighted by molar-refractivity contribution is -0.144. The van der Waals surface area contributed by atoms with Gasteiger partial charge in [-0.05, 0) is 24.6 Å². The second-order valence-corrected chi connectivity index (χ2v) is 3.09. The van der Waals surface area contributed by atoms with Crippen molar-refractivity contribution in [2.75, 3.05) is 13.2 Å². The first-order chi connectivity index (χ1) is 7.19. The third-order valence-corrected chi connectivity index (χ3v) is 2.08. The zero-order valence-corrected chi connectivity index (χ0v) is 9.80. The quantitative estimate of drug-likeness (QED) is 0.827. The van der Waals surface area contributed by atoms with Crippen LogP contribution in [0.25, 0.3) is 0 Å². The summed E-state index contributed by atoms with van der Waals surface area (Å²) in [6, 6.07) is 5.70. The van der Waals surface area contributed by atoms with Crippen LogP contribution in [0.4, 0.5) is 4.39 Å². The number of benzene rings is 1. The molecule has 0 saturated carbocycles. The van der Waals surface area contributed by atoms with Crippen molar-refractivity contribution in [2.24, 2.45) is 5.73 Å². The number of esters is 1. The Morgan fingerprint density at radius 3 is 2.44 bits per heavy atom. The minimum Gasteiger partial charge on any atom is -0.465 e. The summed E-state index contributed by atoms with van der Waals surface area (Å²) >= 11 is 0. The van der Waals surface area contributed by atoms with Gasteiger partial charge < -0.3 is 10.5 Å². The Bertz CT molecular complexity index is 329. The standard InChI is InChI=1S/C11H14FNO2.ClH/c1-2-15-11(14)10(7-13)8-3-5-9(12)6-4-8;/h3-6,10H,2,7,13H2,1H3;1H. The average Bonchev–Trinajstić information content (AvgIpc) is 2.22. The molecule has 1 aromatic carbocycles. The number of nitrogens with two attached hydrogens (primary N) is 1. The van der Waals surface area contributed by atoms with Crippen LogP contribution >= 0.6 is 12.4 Å². The van der Waals surface area contributed by atoms with Gasteiger partial charge in [0.1, 0.15) is 5.82 Å². The van der Waals surface area contributed by atoms with Crippen LogP contribution in [0.15, 0.2) is 24.3 Å². The van der Waals surface area contributed by atoms with Crippen LogP contribution in [-0.2, 0) is 9.53 Å². The van der Waals surface area contributed by atoms with E-state index < -0.39 is 5.92 Å². The second kappa shape index (κ2) is 7.19. The Kier molecular flexibility index (Phi) is 6.69. The highest BCUT2D eigenvalue weighted by Gasteiger charge is 2.19. The molecule has 2 N–H and O–H groups in total. The Balaban J connectivity index is 0.00000225. The van der Waals surface area contributed by atoms with E-state index in [0.717, 1.165) is 0 Å². The van der Waals surface area contributed by atoms with Crippen molar-refractivity contribution >= 4 is 18.4 Å². The van der Waals surface area contributed by atoms with Crippen LogP contribution in [0.5, 0.6) is 0 Å². The largest absolute Gasteiger partial charge is 0.465 e. The summed E-state index contributed by atoms with van der Waals surface area (Å²) in [4.78, 5) is 11.5. The predicted molar refractivity (Wildman–Crippen MR) is 62.1 cm³/mol. The fraction of sp³-hybridized carbons (Fsp3) is 0.364. The van der Waals surface area contributed by atoms with Crippen molar-refractivity contribution in [1.82, 2.24) is 0 Å². The van der Waals surface area contributed by atoms with Crippen molar-refractivity contribution < 1.29 is 13.9 Å². The van der Waals surface area contributed by atoms with Crippen molar-refractivity contribution in [3.05, 3.63) is 35.6 Å². The van der Waals surface area contributed by atoms with Crippen LogP contribution in [0.1, 0.15) is 18.4 Å². The molecule has 3 nitrogen and oxygen atoms in total. The van der Waals surface area contributed by atoms with Crippen LogP contribution in [0, 0.1) is 5.82 Å². The molecule has 0 amide bonds. The lowest BCUT2D eigenvalue weighted by atomic mass is 9.99. The van der Waals surface area contributed by atoms with E-state index in [1.165, 1.54) is 12.1 Å². The Morgan fingerprint density at radius 2 is 2.00 bits per heavy atom. The van der Waals surface area contributed by atoms with Gasteiger partial charge in [-0.15, -0.1) is 12.4 Å². The molecular weight excluding hydrogens is 233 g/mol. The summed E-state index contributed by atoms with van der Waals surface area (Å²) in [7, 11) is 0. The zero-order chi connectivity index (χ0) is 11.3. The average molecular weight is 248 g/mol. The lowest BCUT2D eigenvalue weighted by Gasteiger charge is -2.13. The molecule has 0 aliphatic rings. The molecule has 90 valence electrons. The van der Waals surface area contributed by atoms with E-state index in [2.05, 4.69) is 0 Å². The maximum absolute atomic E-state index is 12.7. The molecule has 0 saturated heterocycles. The number of ether oxygens (including phenoxy) is 1. The third kappa shape index (κ3) is 3.79. The Hall–Kier alpha value is -1.13. The van der Waals surface area contributed by atoms with Gasteiger partial charge in [-0.1, -0.05) is 12.1 Å². The van der Waals surface area contributed by atoms with Gasteiger partial charge in [0.2, 0.25) is 0 Å². The molecule has 0 aliphatic heterocycles. The van der Waals surface area contributed by atoms with Crippen molar-refractivity contribution in [1.29, 1.82) is 0 Å². The number of hydrogen-bond donors (Lipinski definition) is 1. The summed E-state index contributed by atoms with van der Waals surface area (Å²) in [5.41, 5.74) is 6.16. The lowest BCUT2D eigenvalue weighted by Crippen LogP contribution is -2.23. The molecule has 1 aromatic rings. The van der Waals surface area contributed by atoms with Crippen LogP contribution in [0.2, 0.25) is 0 Å². The minimum absolute atomic E-state index is 0. The summed E-state index contributed by atoms with van der Waals surface area (Å²) in [6.45, 7) is 2.21. The maximum atomic E-state index is 12.7. The topological polar surface area (TPSA) is 52.3 Å². The third-order valence-electron chi connectivity index (χ3n) is 2.08. The molecule has 0 bridgehead atoms. The van der Waals surface area contributed by atoms with E-state index in [-0.39, 0.29) is 30.7 Å². The summed E-state index contributed by atoms with van der Waals surface area (Å²) in [5, 5.41) is 0. The molecule has 16 heavy (non-hydrogen) atoms. The first-order valence-electron chi connectivity index (χ1n) is 4.81. The molecule has 0 radical (unpaired) electrons. The zero-order valence-electron chi connectivity index (χ0n) is 8.98. The van der Waals surface area contributed by atoms with Gasteiger partial charge in [-0.2, -0.15) is 0 Å². The normalized spacial score (nSPS) is 11.4. The van der Waals surface area contributed by atoms with Gasteiger partial charge in [-0.3, -0.25) is 4.79 Å². The van der Waals surface area contributed by atoms with Crippen LogP contribution < -0.4 is 5.73 Å². The van der Waals surface area contributed by atoms with Gasteiger partial charge in [0.05, 0.1) is 12.5 Å². The van der Waals surface area contributed by atoms with Gasteiger partial charge in [0.15, 0.2) is 0 Å². The smallest absolute Gasteiger partial charge is 0.314 e. The predicted octanol–water partition coefficient (Wildman–Crippen LogP) is 1.85. The van der Waals surface area contributed by atoms with E-state index in [4.69, 9.17) is 10.5 Å². The summed E-state index contributed by atoms with van der Waals surface area (Å²) < 4.78 is 17.5. The fourth-order valence-corrected chi connectivity index (χ4v) is 1.31. The van der Waals surface area contributed by atoms with Gasteiger partial charge in [0.25, 0.3) is 0 Å². The summed E-state index contributed by atoms with van der Waals surface area (Å²) in [5.74, 6) is -1.21. The molecule has 1 unspecified atom stereocenters. The first-order valence-corrected chi connectivity index (χ1v) is 4.81. The molecule has 0 spiro atoms. The van der Waals surface area contributed by atoms with Gasteiger partial charge in [0, 0.05) is 6.54 Å². The van der Waals surface area contributed by atoms with Crippen LogP contribution in [-0.4, -0.2) is 19.1 Å². The van der Waals surface area contributed by atoms with Crippen molar-refractivity contribution in [2.45, 2.75) is 12.8 Å². The molecular formula is C11H15ClFNO2. The number of halogens is 2. The van der Waals surface area contributed by atoms with Crippen molar-refractivity contribution in [3.63, 3.8) is 0 Å². The Morgan fingerprint density at radius 1 is 1.44 bits per heavy atom. The van der Waals surface area contributed by atoms with E-state index in [0.29, 0.717) is 12.2 Å². The molecule has 0 aliphatic carbocycles. The molecule has 5 heteroatoms. The SMILES string of the molecule is CCOC(=O)C(CN)c1ccc(F)cc1.Cl. The van der Waals surface area contributed by atoms with Gasteiger partial charge >= 0.3 is 5.97 Å². The molecule has 1 atom stereocenters. The fourth-order valence-electron chi connectivity index (χ4n) is 1.31. The van der Waals surface area contributed by atoms with Crippen molar-refractivity contribution in [3.8, 4) is 0 Å². The number of carbonyl (C=O) groups is 1. The summed E-state index contributed by atoms with van der Waals surface area (Å²) in [6.07, 6.45) is 0. The van der Waals surface area contributed by atoms with E-state index in [1.54, 1.807) is 19.1 Å². The van der Waals surface area contributed by atoms with E-state index in [1.807, 2.05) is 0 Å². The maximum Gasteiger partial charge on any atom is 0.314 e. The number of hydrogen-bond acceptors (Lipinski definition) is 3. The molecule has 0 fully saturated rings. The molecule has 1 rings (SSSR count). The first kappa shape index (κ1) is 14.9. The highest BCUT2D eigenvalue weighted by atomic mass is 35.5. The Labute approximate surface area is 100 Å². The van der Waals surface area contributed by atoms with E-state index >= 15 is 0 Å². The highest BCUT2D eigenvalue weighted by molar-refractivity contribution is 5.85. The number of carbonyl (C=O) groups excluding carboxylic acids is 1.